The highest BCUT2D eigenvalue weighted by Crippen LogP contribution is 2.38. The smallest absolute Gasteiger partial charge is 0.224 e. The molecule has 1 saturated heterocycles. The number of nitrogens with zero attached hydrogens (tertiary/aromatic N) is 6. The van der Waals surface area contributed by atoms with Crippen molar-refractivity contribution >= 4 is 17.4 Å². The third-order valence-corrected chi connectivity index (χ3v) is 3.55. The molecule has 9 heteroatoms. The maximum absolute atomic E-state index is 8.44. The summed E-state index contributed by atoms with van der Waals surface area (Å²) in [5, 5.41) is 3.64. The second kappa shape index (κ2) is 5.32. The molecule has 8 nitrogen and oxygen atoms in total. The van der Waals surface area contributed by atoms with Crippen molar-refractivity contribution in [2.75, 3.05) is 24.7 Å². The van der Waals surface area contributed by atoms with Crippen LogP contribution in [0.4, 0.5) is 5.82 Å². The molecule has 0 aromatic carbocycles. The summed E-state index contributed by atoms with van der Waals surface area (Å²) in [6.07, 6.45) is 0. The van der Waals surface area contributed by atoms with Gasteiger partial charge in [0, 0.05) is 4.91 Å². The van der Waals surface area contributed by atoms with E-state index in [2.05, 4.69) is 31.8 Å². The van der Waals surface area contributed by atoms with Gasteiger partial charge in [-0.1, -0.05) is 5.11 Å². The molecule has 2 aliphatic heterocycles. The second-order valence-corrected chi connectivity index (χ2v) is 5.08. The average molecular weight is 297 g/mol. The fourth-order valence-electron chi connectivity index (χ4n) is 2.57. The fourth-order valence-corrected chi connectivity index (χ4v) is 2.75. The summed E-state index contributed by atoms with van der Waals surface area (Å²) in [7, 11) is 0. The van der Waals surface area contributed by atoms with Gasteiger partial charge in [-0.2, -0.15) is 4.98 Å². The molecule has 0 radical (unpaired) electrons. The molecule has 1 aromatic heterocycles. The van der Waals surface area contributed by atoms with Crippen LogP contribution in [0.25, 0.3) is 10.4 Å². The van der Waals surface area contributed by atoms with Gasteiger partial charge in [-0.15, -0.1) is 0 Å². The summed E-state index contributed by atoms with van der Waals surface area (Å²) in [5.74, 6) is 1.20. The lowest BCUT2D eigenvalue weighted by Crippen LogP contribution is -2.56. The Kier molecular flexibility index (Phi) is 3.52. The zero-order valence-corrected chi connectivity index (χ0v) is 11.6. The fraction of sp³-hybridized carbons (Fsp3) is 0.636. The highest BCUT2D eigenvalue weighted by molar-refractivity contribution is 6.28. The van der Waals surface area contributed by atoms with Crippen molar-refractivity contribution in [3.8, 4) is 5.75 Å². The maximum Gasteiger partial charge on any atom is 0.224 e. The summed E-state index contributed by atoms with van der Waals surface area (Å²) in [5.41, 5.74) is 8.95. The normalized spacial score (nSPS) is 24.2. The van der Waals surface area contributed by atoms with Crippen molar-refractivity contribution in [1.82, 2.24) is 9.97 Å². The number of ether oxygens (including phenoxy) is 2. The molecule has 0 spiro atoms. The Bertz CT molecular complexity index is 576. The van der Waals surface area contributed by atoms with Crippen LogP contribution in [0.3, 0.4) is 0 Å². The molecule has 1 fully saturated rings. The number of azide groups is 1. The van der Waals surface area contributed by atoms with E-state index >= 15 is 0 Å². The molecule has 1 aromatic rings. The predicted molar refractivity (Wildman–Crippen MR) is 71.9 cm³/mol. The first-order valence-electron chi connectivity index (χ1n) is 6.27. The lowest BCUT2D eigenvalue weighted by Gasteiger charge is -2.44. The van der Waals surface area contributed by atoms with E-state index in [1.165, 1.54) is 0 Å². The first-order chi connectivity index (χ1) is 9.70. The number of fused-ring (bicyclic) bond motifs is 3. The van der Waals surface area contributed by atoms with Gasteiger partial charge < -0.3 is 14.4 Å². The molecule has 20 heavy (non-hydrogen) atoms. The first-order valence-corrected chi connectivity index (χ1v) is 6.64. The third-order valence-electron chi connectivity index (χ3n) is 3.38. The summed E-state index contributed by atoms with van der Waals surface area (Å²) in [6, 6.07) is 0.291. The van der Waals surface area contributed by atoms with Gasteiger partial charge >= 0.3 is 0 Å². The van der Waals surface area contributed by atoms with Crippen molar-refractivity contribution in [2.24, 2.45) is 5.11 Å². The second-order valence-electron chi connectivity index (χ2n) is 4.74. The molecular formula is C11H13ClN6O2. The summed E-state index contributed by atoms with van der Waals surface area (Å²) in [4.78, 5) is 13.3. The van der Waals surface area contributed by atoms with E-state index in [0.717, 1.165) is 0 Å². The standard InChI is InChI=1S/C11H13ClN6O2/c1-6-3-19-4-7-5-20-9-8(2-14-17-13)15-11(12)16-10(9)18(6)7/h6-7H,2-5H2,1H3/t6-,7+/m1/s1. The molecule has 2 atom stereocenters. The van der Waals surface area contributed by atoms with Crippen LogP contribution in [-0.2, 0) is 11.3 Å². The van der Waals surface area contributed by atoms with E-state index in [0.29, 0.717) is 37.1 Å². The Morgan fingerprint density at radius 3 is 3.10 bits per heavy atom. The van der Waals surface area contributed by atoms with Gasteiger partial charge in [-0.05, 0) is 24.1 Å². The summed E-state index contributed by atoms with van der Waals surface area (Å²) in [6.45, 7) is 3.86. The lowest BCUT2D eigenvalue weighted by atomic mass is 10.1. The van der Waals surface area contributed by atoms with Crippen LogP contribution in [-0.4, -0.2) is 41.9 Å². The molecule has 0 amide bonds. The average Bonchev–Trinajstić information content (AvgIpc) is 2.44. The Morgan fingerprint density at radius 1 is 1.45 bits per heavy atom. The van der Waals surface area contributed by atoms with Gasteiger partial charge in [0.2, 0.25) is 5.28 Å². The van der Waals surface area contributed by atoms with Crippen molar-refractivity contribution in [3.05, 3.63) is 21.4 Å². The van der Waals surface area contributed by atoms with Crippen LogP contribution in [0, 0.1) is 0 Å². The number of morpholine rings is 1. The van der Waals surface area contributed by atoms with E-state index < -0.39 is 0 Å². The number of aromatic nitrogens is 2. The molecule has 2 aliphatic rings. The minimum atomic E-state index is 0.0878. The molecule has 0 bridgehead atoms. The van der Waals surface area contributed by atoms with E-state index in [-0.39, 0.29) is 23.9 Å². The molecule has 3 heterocycles. The molecule has 0 N–H and O–H groups in total. The number of anilines is 1. The topological polar surface area (TPSA) is 96.2 Å². The van der Waals surface area contributed by atoms with E-state index in [9.17, 15) is 0 Å². The number of hydrogen-bond donors (Lipinski definition) is 0. The minimum Gasteiger partial charge on any atom is -0.486 e. The number of rotatable bonds is 2. The Morgan fingerprint density at radius 2 is 2.30 bits per heavy atom. The van der Waals surface area contributed by atoms with E-state index in [1.54, 1.807) is 0 Å². The van der Waals surface area contributed by atoms with Crippen LogP contribution in [0.15, 0.2) is 5.11 Å². The Hall–Kier alpha value is -1.76. The van der Waals surface area contributed by atoms with Crippen LogP contribution in [0.1, 0.15) is 12.6 Å². The highest BCUT2D eigenvalue weighted by Gasteiger charge is 2.37. The third kappa shape index (κ3) is 2.22. The van der Waals surface area contributed by atoms with Crippen LogP contribution in [0.2, 0.25) is 5.28 Å². The Balaban J connectivity index is 2.06. The highest BCUT2D eigenvalue weighted by atomic mass is 35.5. The van der Waals surface area contributed by atoms with Gasteiger partial charge in [0.15, 0.2) is 11.6 Å². The molecule has 0 aliphatic carbocycles. The zero-order valence-electron chi connectivity index (χ0n) is 10.9. The molecule has 0 saturated carbocycles. The van der Waals surface area contributed by atoms with Crippen molar-refractivity contribution in [3.63, 3.8) is 0 Å². The van der Waals surface area contributed by atoms with Gasteiger partial charge in [0.05, 0.1) is 37.5 Å². The number of halogens is 1. The van der Waals surface area contributed by atoms with Gasteiger partial charge in [0.25, 0.3) is 0 Å². The quantitative estimate of drug-likeness (QED) is 0.359. The number of hydrogen-bond acceptors (Lipinski definition) is 6. The SMILES string of the molecule is C[C@@H]1COC[C@H]2COc3c(CN=[N+]=[N-])nc(Cl)nc3N21. The molecular weight excluding hydrogens is 284 g/mol. The van der Waals surface area contributed by atoms with Crippen LogP contribution >= 0.6 is 11.6 Å². The maximum atomic E-state index is 8.44. The molecule has 3 rings (SSSR count). The monoisotopic (exact) mass is 296 g/mol. The Labute approximate surface area is 120 Å². The zero-order chi connectivity index (χ0) is 14.1. The summed E-state index contributed by atoms with van der Waals surface area (Å²) < 4.78 is 11.3. The molecule has 106 valence electrons. The van der Waals surface area contributed by atoms with Crippen molar-refractivity contribution in [2.45, 2.75) is 25.6 Å². The summed E-state index contributed by atoms with van der Waals surface area (Å²) >= 11 is 5.97. The molecule has 0 unspecified atom stereocenters. The lowest BCUT2D eigenvalue weighted by molar-refractivity contribution is 0.0483. The van der Waals surface area contributed by atoms with Gasteiger partial charge in [-0.3, -0.25) is 0 Å². The minimum absolute atomic E-state index is 0.0878. The van der Waals surface area contributed by atoms with Crippen molar-refractivity contribution in [1.29, 1.82) is 0 Å². The van der Waals surface area contributed by atoms with E-state index in [4.69, 9.17) is 26.6 Å². The van der Waals surface area contributed by atoms with Gasteiger partial charge in [-0.25, -0.2) is 4.98 Å². The van der Waals surface area contributed by atoms with Gasteiger partial charge in [0.1, 0.15) is 6.61 Å². The first kappa shape index (κ1) is 13.2. The predicted octanol–water partition coefficient (Wildman–Crippen LogP) is 1.93. The van der Waals surface area contributed by atoms with Crippen LogP contribution in [0.5, 0.6) is 5.75 Å². The van der Waals surface area contributed by atoms with Crippen LogP contribution < -0.4 is 9.64 Å². The van der Waals surface area contributed by atoms with Crippen molar-refractivity contribution < 1.29 is 9.47 Å². The van der Waals surface area contributed by atoms with E-state index in [1.807, 2.05) is 0 Å². The largest absolute Gasteiger partial charge is 0.486 e.